The number of unbranched alkanes of at least 4 members (excludes halogenated alkanes) is 28. The van der Waals surface area contributed by atoms with Gasteiger partial charge in [-0.3, -0.25) is 37.3 Å². The summed E-state index contributed by atoms with van der Waals surface area (Å²) in [5, 5.41) is 10.6. The number of aliphatic hydroxyl groups is 1. The predicted molar refractivity (Wildman–Crippen MR) is 358 cm³/mol. The number of ether oxygens (including phenoxy) is 4. The number of esters is 4. The summed E-state index contributed by atoms with van der Waals surface area (Å²) >= 11 is 0. The Bertz CT molecular complexity index is 1920. The second kappa shape index (κ2) is 61.2. The van der Waals surface area contributed by atoms with Gasteiger partial charge in [-0.25, -0.2) is 9.13 Å². The number of phosphoric acid groups is 2. The van der Waals surface area contributed by atoms with Crippen molar-refractivity contribution in [2.75, 3.05) is 39.6 Å². The molecule has 3 unspecified atom stereocenters. The highest BCUT2D eigenvalue weighted by Gasteiger charge is 2.30. The van der Waals surface area contributed by atoms with Gasteiger partial charge < -0.3 is 33.8 Å². The molecule has 6 atom stereocenters. The van der Waals surface area contributed by atoms with E-state index in [1.54, 1.807) is 0 Å². The van der Waals surface area contributed by atoms with Gasteiger partial charge in [0.15, 0.2) is 12.2 Å². The fraction of sp³-hybridized carbons (Fsp3) is 0.829. The van der Waals surface area contributed by atoms with Crippen LogP contribution in [-0.4, -0.2) is 96.7 Å². The highest BCUT2D eigenvalue weighted by Crippen LogP contribution is 2.45. The Morgan fingerprint density at radius 2 is 0.663 bits per heavy atom. The first-order chi connectivity index (χ1) is 42.9. The van der Waals surface area contributed by atoms with E-state index in [-0.39, 0.29) is 25.7 Å². The lowest BCUT2D eigenvalue weighted by atomic mass is 10.00. The van der Waals surface area contributed by atoms with Crippen molar-refractivity contribution in [3.05, 3.63) is 48.6 Å². The largest absolute Gasteiger partial charge is 0.472 e. The maximum Gasteiger partial charge on any atom is 0.472 e. The molecule has 0 bridgehead atoms. The zero-order chi connectivity index (χ0) is 65.7. The minimum atomic E-state index is -4.97. The molecule has 0 aliphatic carbocycles. The van der Waals surface area contributed by atoms with Crippen LogP contribution in [0.25, 0.3) is 0 Å². The molecule has 0 aliphatic rings. The zero-order valence-electron chi connectivity index (χ0n) is 56.7. The number of carbonyl (C=O) groups excluding carboxylic acids is 4. The quantitative estimate of drug-likeness (QED) is 0.0169. The van der Waals surface area contributed by atoms with Crippen molar-refractivity contribution in [1.29, 1.82) is 0 Å². The molecule has 0 rings (SSSR count). The second-order valence-corrected chi connectivity index (χ2v) is 27.5. The average Bonchev–Trinajstić information content (AvgIpc) is 3.68. The Balaban J connectivity index is 5.31. The topological polar surface area (TPSA) is 237 Å². The van der Waals surface area contributed by atoms with Crippen LogP contribution < -0.4 is 0 Å². The standard InChI is InChI=1S/C70H128O17P2/c1-7-10-12-14-16-18-20-22-24-26-28-30-32-40-46-52-67(72)80-58-65(86-69(74)54-48-42-33-31-29-27-25-23-21-19-17-15-13-11-8-2)60-84-88(76,77)82-56-64(71)57-83-89(78,79)85-61-66(87-70(75)55-49-43-36-34-38-44-50-62(4)5)59-81-68(73)53-47-41-37-35-39-45-51-63(6)9-3/h18-25,62-66,71H,7-17,26-61H2,1-6H3,(H,76,77)(H,78,79)/b20-18-,21-19-,24-22-,25-23-/t63?,64-,65-,66-/m1/s1. The van der Waals surface area contributed by atoms with Gasteiger partial charge in [0.05, 0.1) is 26.4 Å². The molecule has 89 heavy (non-hydrogen) atoms. The predicted octanol–water partition coefficient (Wildman–Crippen LogP) is 19.1. The first-order valence-electron chi connectivity index (χ1n) is 35.2. The lowest BCUT2D eigenvalue weighted by molar-refractivity contribution is -0.161. The van der Waals surface area contributed by atoms with Gasteiger partial charge in [-0.15, -0.1) is 0 Å². The Kier molecular flexibility index (Phi) is 59.2. The summed E-state index contributed by atoms with van der Waals surface area (Å²) in [6.45, 7) is 9.26. The minimum absolute atomic E-state index is 0.0776. The Morgan fingerprint density at radius 3 is 1.00 bits per heavy atom. The highest BCUT2D eigenvalue weighted by molar-refractivity contribution is 7.47. The van der Waals surface area contributed by atoms with E-state index in [1.807, 2.05) is 0 Å². The van der Waals surface area contributed by atoms with Crippen molar-refractivity contribution >= 4 is 39.5 Å². The number of hydrogen-bond acceptors (Lipinski definition) is 15. The van der Waals surface area contributed by atoms with Crippen molar-refractivity contribution in [3.8, 4) is 0 Å². The van der Waals surface area contributed by atoms with Crippen LogP contribution in [-0.2, 0) is 65.4 Å². The fourth-order valence-corrected chi connectivity index (χ4v) is 11.1. The zero-order valence-corrected chi connectivity index (χ0v) is 58.5. The van der Waals surface area contributed by atoms with Crippen molar-refractivity contribution < 1.29 is 80.2 Å². The van der Waals surface area contributed by atoms with E-state index in [2.05, 4.69) is 90.2 Å². The van der Waals surface area contributed by atoms with Gasteiger partial charge in [0.25, 0.3) is 0 Å². The Hall–Kier alpha value is -2.98. The number of hydrogen-bond donors (Lipinski definition) is 3. The van der Waals surface area contributed by atoms with Crippen molar-refractivity contribution in [1.82, 2.24) is 0 Å². The van der Waals surface area contributed by atoms with Crippen LogP contribution in [0, 0.1) is 11.8 Å². The normalized spacial score (nSPS) is 14.8. The number of phosphoric ester groups is 2. The number of aliphatic hydroxyl groups excluding tert-OH is 1. The molecule has 19 heteroatoms. The van der Waals surface area contributed by atoms with E-state index in [0.29, 0.717) is 31.6 Å². The van der Waals surface area contributed by atoms with E-state index < -0.39 is 97.5 Å². The number of rotatable bonds is 65. The molecule has 0 aromatic rings. The smallest absolute Gasteiger partial charge is 0.462 e. The number of carbonyl (C=O) groups is 4. The first-order valence-corrected chi connectivity index (χ1v) is 38.2. The third-order valence-electron chi connectivity index (χ3n) is 15.3. The van der Waals surface area contributed by atoms with Crippen LogP contribution in [0.5, 0.6) is 0 Å². The van der Waals surface area contributed by atoms with Crippen LogP contribution in [0.15, 0.2) is 48.6 Å². The summed E-state index contributed by atoms with van der Waals surface area (Å²) < 4.78 is 68.1. The summed E-state index contributed by atoms with van der Waals surface area (Å²) in [7, 11) is -9.92. The van der Waals surface area contributed by atoms with Gasteiger partial charge in [-0.1, -0.05) is 251 Å². The molecule has 0 amide bonds. The molecule has 3 N–H and O–H groups in total. The summed E-state index contributed by atoms with van der Waals surface area (Å²) in [5.41, 5.74) is 0. The molecule has 0 aromatic carbocycles. The van der Waals surface area contributed by atoms with Crippen LogP contribution >= 0.6 is 15.6 Å². The summed E-state index contributed by atoms with van der Waals surface area (Å²) in [6, 6.07) is 0. The fourth-order valence-electron chi connectivity index (χ4n) is 9.48. The van der Waals surface area contributed by atoms with Crippen molar-refractivity contribution in [3.63, 3.8) is 0 Å². The molecule has 17 nitrogen and oxygen atoms in total. The van der Waals surface area contributed by atoms with Crippen molar-refractivity contribution in [2.45, 2.75) is 323 Å². The van der Waals surface area contributed by atoms with Crippen LogP contribution in [0.3, 0.4) is 0 Å². The first kappa shape index (κ1) is 86.0. The Labute approximate surface area is 540 Å². The van der Waals surface area contributed by atoms with E-state index in [4.69, 9.17) is 37.0 Å². The third kappa shape index (κ3) is 62.3. The van der Waals surface area contributed by atoms with Crippen molar-refractivity contribution in [2.24, 2.45) is 11.8 Å². The van der Waals surface area contributed by atoms with Gasteiger partial charge in [-0.05, 0) is 88.9 Å². The molecule has 0 aliphatic heterocycles. The van der Waals surface area contributed by atoms with E-state index in [1.165, 1.54) is 83.5 Å². The maximum atomic E-state index is 13.0. The minimum Gasteiger partial charge on any atom is -0.462 e. The van der Waals surface area contributed by atoms with Gasteiger partial charge in [0.2, 0.25) is 0 Å². The van der Waals surface area contributed by atoms with Gasteiger partial charge in [0, 0.05) is 25.7 Å². The maximum absolute atomic E-state index is 13.0. The highest BCUT2D eigenvalue weighted by atomic mass is 31.2. The number of allylic oxidation sites excluding steroid dienone is 8. The molecule has 0 heterocycles. The molecule has 520 valence electrons. The molecular weight excluding hydrogens is 1170 g/mol. The molecule has 0 aromatic heterocycles. The lowest BCUT2D eigenvalue weighted by Crippen LogP contribution is -2.30. The van der Waals surface area contributed by atoms with E-state index >= 15 is 0 Å². The summed E-state index contributed by atoms with van der Waals surface area (Å²) in [5.74, 6) is -0.799. The summed E-state index contributed by atoms with van der Waals surface area (Å²) in [4.78, 5) is 72.4. The average molecular weight is 1300 g/mol. The molecule has 0 spiro atoms. The monoisotopic (exact) mass is 1300 g/mol. The lowest BCUT2D eigenvalue weighted by Gasteiger charge is -2.21. The molecule has 0 saturated carbocycles. The molecule has 0 radical (unpaired) electrons. The summed E-state index contributed by atoms with van der Waals surface area (Å²) in [6.07, 6.45) is 51.8. The molecular formula is C70H128O17P2. The third-order valence-corrected chi connectivity index (χ3v) is 17.2. The van der Waals surface area contributed by atoms with Crippen LogP contribution in [0.1, 0.15) is 305 Å². The van der Waals surface area contributed by atoms with E-state index in [9.17, 15) is 43.2 Å². The van der Waals surface area contributed by atoms with Gasteiger partial charge in [0.1, 0.15) is 19.3 Å². The Morgan fingerprint density at radius 1 is 0.371 bits per heavy atom. The second-order valence-electron chi connectivity index (χ2n) is 24.6. The van der Waals surface area contributed by atoms with Crippen LogP contribution in [0.4, 0.5) is 0 Å². The van der Waals surface area contributed by atoms with Gasteiger partial charge in [-0.2, -0.15) is 0 Å². The van der Waals surface area contributed by atoms with Crippen LogP contribution in [0.2, 0.25) is 0 Å². The molecule has 0 saturated heterocycles. The van der Waals surface area contributed by atoms with E-state index in [0.717, 1.165) is 134 Å². The molecule has 0 fully saturated rings. The van der Waals surface area contributed by atoms with Gasteiger partial charge >= 0.3 is 39.5 Å². The SMILES string of the molecule is CCCCCC/C=C\C=C/CCCCCCCC(=O)OC[C@H](COP(=O)(O)OC[C@@H](O)COP(=O)(O)OC[C@@H](COC(=O)CCCCCCCCC(C)CC)OC(=O)CCCCCCCCC(C)C)OC(=O)CCCCCCC/C=C\C=C/CCCCCC.